The van der Waals surface area contributed by atoms with Gasteiger partial charge in [-0.1, -0.05) is 0 Å². The summed E-state index contributed by atoms with van der Waals surface area (Å²) in [7, 11) is 0. The number of aromatic nitrogens is 1. The number of nitrogens with zero attached hydrogens (tertiary/aromatic N) is 2. The molecule has 0 saturated carbocycles. The molecule has 0 aliphatic heterocycles. The van der Waals surface area contributed by atoms with Gasteiger partial charge in [-0.25, -0.2) is 4.98 Å². The van der Waals surface area contributed by atoms with E-state index in [1.54, 1.807) is 6.07 Å². The van der Waals surface area contributed by atoms with Crippen molar-refractivity contribution in [1.29, 1.82) is 0 Å². The zero-order chi connectivity index (χ0) is 16.3. The van der Waals surface area contributed by atoms with Crippen molar-refractivity contribution in [2.45, 2.75) is 13.8 Å². The summed E-state index contributed by atoms with van der Waals surface area (Å²) >= 11 is 1.53. The van der Waals surface area contributed by atoms with Crippen LogP contribution >= 0.6 is 11.3 Å². The van der Waals surface area contributed by atoms with Crippen molar-refractivity contribution in [1.82, 2.24) is 4.98 Å². The standard InChI is InChI=1S/C15H16N2O4S/c1-9-5-11(15-16-10(2)8-22-15)3-4-12(9)17(6-13(18)19)7-14(20)21/h3-5,8H,6-7H2,1-2H3,(H,18,19)(H,20,21). The summed E-state index contributed by atoms with van der Waals surface area (Å²) < 4.78 is 0. The summed E-state index contributed by atoms with van der Waals surface area (Å²) in [6.07, 6.45) is 0. The molecule has 0 saturated heterocycles. The SMILES string of the molecule is Cc1csc(-c2ccc(N(CC(=O)O)CC(=O)O)c(C)c2)n1. The highest BCUT2D eigenvalue weighted by molar-refractivity contribution is 7.13. The lowest BCUT2D eigenvalue weighted by Crippen LogP contribution is -2.34. The summed E-state index contributed by atoms with van der Waals surface area (Å²) in [5, 5.41) is 20.7. The fourth-order valence-corrected chi connectivity index (χ4v) is 2.98. The van der Waals surface area contributed by atoms with Crippen molar-refractivity contribution >= 4 is 29.0 Å². The van der Waals surface area contributed by atoms with Gasteiger partial charge in [0.25, 0.3) is 0 Å². The van der Waals surface area contributed by atoms with Crippen LogP contribution in [-0.4, -0.2) is 40.2 Å². The number of hydrogen-bond donors (Lipinski definition) is 2. The van der Waals surface area contributed by atoms with Gasteiger partial charge in [-0.2, -0.15) is 0 Å². The Morgan fingerprint density at radius 1 is 1.18 bits per heavy atom. The van der Waals surface area contributed by atoms with Crippen LogP contribution in [0.25, 0.3) is 10.6 Å². The van der Waals surface area contributed by atoms with Crippen molar-refractivity contribution in [3.8, 4) is 10.6 Å². The number of aryl methyl sites for hydroxylation is 2. The lowest BCUT2D eigenvalue weighted by atomic mass is 10.1. The highest BCUT2D eigenvalue weighted by atomic mass is 32.1. The summed E-state index contributed by atoms with van der Waals surface area (Å²) in [6, 6.07) is 5.47. The van der Waals surface area contributed by atoms with Crippen molar-refractivity contribution < 1.29 is 19.8 Å². The molecule has 0 radical (unpaired) electrons. The number of carboxylic acid groups (broad SMARTS) is 2. The van der Waals surface area contributed by atoms with Crippen LogP contribution in [0.4, 0.5) is 5.69 Å². The molecule has 0 bridgehead atoms. The van der Waals surface area contributed by atoms with Gasteiger partial charge in [-0.05, 0) is 37.6 Å². The van der Waals surface area contributed by atoms with E-state index in [1.807, 2.05) is 31.4 Å². The molecule has 22 heavy (non-hydrogen) atoms. The molecular formula is C15H16N2O4S. The summed E-state index contributed by atoms with van der Waals surface area (Å²) in [5.74, 6) is -2.14. The fraction of sp³-hybridized carbons (Fsp3) is 0.267. The number of rotatable bonds is 6. The topological polar surface area (TPSA) is 90.7 Å². The van der Waals surface area contributed by atoms with Crippen molar-refractivity contribution in [3.05, 3.63) is 34.8 Å². The van der Waals surface area contributed by atoms with E-state index < -0.39 is 11.9 Å². The smallest absolute Gasteiger partial charge is 0.323 e. The minimum Gasteiger partial charge on any atom is -0.480 e. The first-order chi connectivity index (χ1) is 10.4. The number of aliphatic carboxylic acids is 2. The highest BCUT2D eigenvalue weighted by Gasteiger charge is 2.17. The van der Waals surface area contributed by atoms with E-state index in [-0.39, 0.29) is 13.1 Å². The molecule has 0 spiro atoms. The summed E-state index contributed by atoms with van der Waals surface area (Å²) in [4.78, 5) is 27.6. The quantitative estimate of drug-likeness (QED) is 0.849. The maximum Gasteiger partial charge on any atom is 0.323 e. The first-order valence-corrected chi connectivity index (χ1v) is 7.46. The Balaban J connectivity index is 2.33. The van der Waals surface area contributed by atoms with E-state index in [0.717, 1.165) is 21.8 Å². The van der Waals surface area contributed by atoms with Crippen molar-refractivity contribution in [2.75, 3.05) is 18.0 Å². The predicted molar refractivity (Wildman–Crippen MR) is 84.5 cm³/mol. The van der Waals surface area contributed by atoms with Crippen molar-refractivity contribution in [3.63, 3.8) is 0 Å². The molecule has 0 amide bonds. The monoisotopic (exact) mass is 320 g/mol. The third kappa shape index (κ3) is 3.82. The summed E-state index contributed by atoms with van der Waals surface area (Å²) in [5.41, 5.74) is 3.29. The first kappa shape index (κ1) is 16.0. The molecule has 6 nitrogen and oxygen atoms in total. The molecule has 2 N–H and O–H groups in total. The van der Waals surface area contributed by atoms with Gasteiger partial charge < -0.3 is 15.1 Å². The number of carbonyl (C=O) groups is 2. The van der Waals surface area contributed by atoms with E-state index >= 15 is 0 Å². The lowest BCUT2D eigenvalue weighted by molar-refractivity contribution is -0.136. The average Bonchev–Trinajstić information content (AvgIpc) is 2.83. The van der Waals surface area contributed by atoms with E-state index in [1.165, 1.54) is 16.2 Å². The zero-order valence-corrected chi connectivity index (χ0v) is 13.1. The molecule has 2 aromatic rings. The second-order valence-electron chi connectivity index (χ2n) is 4.94. The molecule has 1 aromatic carbocycles. The summed E-state index contributed by atoms with van der Waals surface area (Å²) in [6.45, 7) is 3.03. The van der Waals surface area contributed by atoms with Gasteiger partial charge in [0.15, 0.2) is 0 Å². The van der Waals surface area contributed by atoms with Crippen LogP contribution in [0, 0.1) is 13.8 Å². The molecule has 7 heteroatoms. The number of anilines is 1. The van der Waals surface area contributed by atoms with Crippen LogP contribution in [-0.2, 0) is 9.59 Å². The van der Waals surface area contributed by atoms with Crippen LogP contribution in [0.15, 0.2) is 23.6 Å². The van der Waals surface area contributed by atoms with E-state index in [9.17, 15) is 9.59 Å². The lowest BCUT2D eigenvalue weighted by Gasteiger charge is -2.23. The Hall–Kier alpha value is -2.41. The van der Waals surface area contributed by atoms with Gasteiger partial charge in [-0.3, -0.25) is 9.59 Å². The highest BCUT2D eigenvalue weighted by Crippen LogP contribution is 2.29. The Morgan fingerprint density at radius 3 is 2.27 bits per heavy atom. The molecule has 0 aliphatic carbocycles. The maximum absolute atomic E-state index is 10.9. The third-order valence-corrected chi connectivity index (χ3v) is 4.06. The Labute approximate surface area is 131 Å². The Bertz CT molecular complexity index is 695. The fourth-order valence-electron chi connectivity index (χ4n) is 2.18. The predicted octanol–water partition coefficient (Wildman–Crippen LogP) is 2.40. The van der Waals surface area contributed by atoms with Crippen LogP contribution in [0.2, 0.25) is 0 Å². The van der Waals surface area contributed by atoms with E-state index in [0.29, 0.717) is 5.69 Å². The van der Waals surface area contributed by atoms with Gasteiger partial charge >= 0.3 is 11.9 Å². The Kier molecular flexibility index (Phi) is 4.77. The van der Waals surface area contributed by atoms with Gasteiger partial charge in [0.2, 0.25) is 0 Å². The molecular weight excluding hydrogens is 304 g/mol. The largest absolute Gasteiger partial charge is 0.480 e. The number of thiazole rings is 1. The van der Waals surface area contributed by atoms with Crippen LogP contribution in [0.5, 0.6) is 0 Å². The molecule has 116 valence electrons. The molecule has 0 unspecified atom stereocenters. The van der Waals surface area contributed by atoms with E-state index in [4.69, 9.17) is 10.2 Å². The minimum atomic E-state index is -1.07. The molecule has 0 atom stereocenters. The normalized spacial score (nSPS) is 10.5. The molecule has 1 heterocycles. The maximum atomic E-state index is 10.9. The van der Waals surface area contributed by atoms with Gasteiger partial charge in [-0.15, -0.1) is 11.3 Å². The zero-order valence-electron chi connectivity index (χ0n) is 12.2. The van der Waals surface area contributed by atoms with Crippen LogP contribution in [0.3, 0.4) is 0 Å². The van der Waals surface area contributed by atoms with Gasteiger partial charge in [0, 0.05) is 22.3 Å². The van der Waals surface area contributed by atoms with Crippen molar-refractivity contribution in [2.24, 2.45) is 0 Å². The molecule has 0 fully saturated rings. The van der Waals surface area contributed by atoms with Gasteiger partial charge in [0.05, 0.1) is 0 Å². The number of carboxylic acids is 2. The molecule has 2 rings (SSSR count). The molecule has 1 aromatic heterocycles. The number of hydrogen-bond acceptors (Lipinski definition) is 5. The molecule has 0 aliphatic rings. The third-order valence-electron chi connectivity index (χ3n) is 3.06. The van der Waals surface area contributed by atoms with Gasteiger partial charge in [0.1, 0.15) is 18.1 Å². The Morgan fingerprint density at radius 2 is 1.82 bits per heavy atom. The average molecular weight is 320 g/mol. The second-order valence-corrected chi connectivity index (χ2v) is 5.80. The minimum absolute atomic E-state index is 0.358. The second kappa shape index (κ2) is 6.57. The first-order valence-electron chi connectivity index (χ1n) is 6.58. The number of benzene rings is 1. The van der Waals surface area contributed by atoms with Crippen LogP contribution < -0.4 is 4.90 Å². The van der Waals surface area contributed by atoms with Crippen LogP contribution in [0.1, 0.15) is 11.3 Å². The van der Waals surface area contributed by atoms with E-state index in [2.05, 4.69) is 4.98 Å².